The number of benzene rings is 2. The molecule has 0 atom stereocenters. The van der Waals surface area contributed by atoms with Crippen LogP contribution in [0.15, 0.2) is 48.5 Å². The molecule has 1 aliphatic heterocycles. The third kappa shape index (κ3) is 5.48. The predicted octanol–water partition coefficient (Wildman–Crippen LogP) is 4.06. The van der Waals surface area contributed by atoms with E-state index in [1.807, 2.05) is 36.4 Å². The lowest BCUT2D eigenvalue weighted by Gasteiger charge is -2.17. The van der Waals surface area contributed by atoms with Crippen molar-refractivity contribution in [1.82, 2.24) is 5.32 Å². The number of hydrogen-bond acceptors (Lipinski definition) is 3. The number of nitrogens with one attached hydrogen (secondary N) is 2. The Labute approximate surface area is 154 Å². The average Bonchev–Trinajstić information content (AvgIpc) is 3.15. The SMILES string of the molecule is O=C(CCNCc1ccc(Cl)cc1)Nc1ccc(N2CCCC2)cc1. The van der Waals surface area contributed by atoms with E-state index in [0.717, 1.165) is 35.9 Å². The number of carbonyl (C=O) groups is 1. The van der Waals surface area contributed by atoms with Crippen molar-refractivity contribution >= 4 is 28.9 Å². The summed E-state index contributed by atoms with van der Waals surface area (Å²) in [4.78, 5) is 14.4. The molecule has 0 aliphatic carbocycles. The van der Waals surface area contributed by atoms with Crippen LogP contribution in [0.3, 0.4) is 0 Å². The smallest absolute Gasteiger partial charge is 0.225 e. The molecule has 2 aromatic rings. The van der Waals surface area contributed by atoms with E-state index in [1.165, 1.54) is 18.5 Å². The van der Waals surface area contributed by atoms with Gasteiger partial charge in [-0.25, -0.2) is 0 Å². The van der Waals surface area contributed by atoms with E-state index in [4.69, 9.17) is 11.6 Å². The maximum absolute atomic E-state index is 12.0. The van der Waals surface area contributed by atoms with Crippen LogP contribution in [0.4, 0.5) is 11.4 Å². The fourth-order valence-corrected chi connectivity index (χ4v) is 3.12. The van der Waals surface area contributed by atoms with Gasteiger partial charge in [0.25, 0.3) is 0 Å². The van der Waals surface area contributed by atoms with Crippen LogP contribution < -0.4 is 15.5 Å². The molecule has 132 valence electrons. The topological polar surface area (TPSA) is 44.4 Å². The van der Waals surface area contributed by atoms with Gasteiger partial charge < -0.3 is 15.5 Å². The lowest BCUT2D eigenvalue weighted by molar-refractivity contribution is -0.116. The Bertz CT molecular complexity index is 679. The Morgan fingerprint density at radius 2 is 1.68 bits per heavy atom. The number of carbonyl (C=O) groups excluding carboxylic acids is 1. The molecule has 1 aliphatic rings. The minimum absolute atomic E-state index is 0.0255. The summed E-state index contributed by atoms with van der Waals surface area (Å²) >= 11 is 5.86. The summed E-state index contributed by atoms with van der Waals surface area (Å²) in [6.45, 7) is 3.63. The molecule has 0 radical (unpaired) electrons. The molecule has 3 rings (SSSR count). The lowest BCUT2D eigenvalue weighted by atomic mass is 10.2. The van der Waals surface area contributed by atoms with Gasteiger partial charge in [0.1, 0.15) is 0 Å². The summed E-state index contributed by atoms with van der Waals surface area (Å²) in [6.07, 6.45) is 2.98. The molecule has 0 bridgehead atoms. The van der Waals surface area contributed by atoms with Crippen molar-refractivity contribution in [2.45, 2.75) is 25.8 Å². The average molecular weight is 358 g/mol. The van der Waals surface area contributed by atoms with Crippen molar-refractivity contribution in [3.8, 4) is 0 Å². The molecule has 2 aromatic carbocycles. The first-order valence-corrected chi connectivity index (χ1v) is 9.18. The van der Waals surface area contributed by atoms with E-state index in [1.54, 1.807) is 0 Å². The van der Waals surface area contributed by atoms with Crippen molar-refractivity contribution in [3.63, 3.8) is 0 Å². The summed E-state index contributed by atoms with van der Waals surface area (Å²) in [5.41, 5.74) is 3.24. The third-order valence-corrected chi connectivity index (χ3v) is 4.65. The molecule has 1 saturated heterocycles. The molecule has 1 fully saturated rings. The van der Waals surface area contributed by atoms with E-state index < -0.39 is 0 Å². The minimum atomic E-state index is 0.0255. The Hall–Kier alpha value is -2.04. The normalized spacial score (nSPS) is 13.9. The van der Waals surface area contributed by atoms with Crippen molar-refractivity contribution in [1.29, 1.82) is 0 Å². The number of anilines is 2. The van der Waals surface area contributed by atoms with Crippen molar-refractivity contribution in [2.24, 2.45) is 0 Å². The summed E-state index contributed by atoms with van der Waals surface area (Å²) in [7, 11) is 0. The zero-order chi connectivity index (χ0) is 17.5. The Balaban J connectivity index is 1.37. The van der Waals surface area contributed by atoms with Gasteiger partial charge >= 0.3 is 0 Å². The number of halogens is 1. The fraction of sp³-hybridized carbons (Fsp3) is 0.350. The Morgan fingerprint density at radius 1 is 1.00 bits per heavy atom. The van der Waals surface area contributed by atoms with Crippen molar-refractivity contribution in [3.05, 3.63) is 59.1 Å². The summed E-state index contributed by atoms with van der Waals surface area (Å²) < 4.78 is 0. The molecular weight excluding hydrogens is 334 g/mol. The predicted molar refractivity (Wildman–Crippen MR) is 104 cm³/mol. The van der Waals surface area contributed by atoms with E-state index in [2.05, 4.69) is 27.7 Å². The van der Waals surface area contributed by atoms with Crippen LogP contribution in [-0.2, 0) is 11.3 Å². The first-order chi connectivity index (χ1) is 12.2. The van der Waals surface area contributed by atoms with Gasteiger partial charge in [-0.15, -0.1) is 0 Å². The van der Waals surface area contributed by atoms with Crippen LogP contribution in [-0.4, -0.2) is 25.5 Å². The zero-order valence-corrected chi connectivity index (χ0v) is 15.1. The summed E-state index contributed by atoms with van der Waals surface area (Å²) in [6, 6.07) is 15.8. The number of rotatable bonds is 7. The minimum Gasteiger partial charge on any atom is -0.372 e. The molecule has 0 spiro atoms. The highest BCUT2D eigenvalue weighted by atomic mass is 35.5. The monoisotopic (exact) mass is 357 g/mol. The summed E-state index contributed by atoms with van der Waals surface area (Å²) in [5.74, 6) is 0.0255. The molecule has 0 unspecified atom stereocenters. The highest BCUT2D eigenvalue weighted by molar-refractivity contribution is 6.30. The molecule has 4 nitrogen and oxygen atoms in total. The first-order valence-electron chi connectivity index (χ1n) is 8.81. The highest BCUT2D eigenvalue weighted by Crippen LogP contribution is 2.22. The molecule has 2 N–H and O–H groups in total. The first kappa shape index (κ1) is 17.8. The Kier molecular flexibility index (Phi) is 6.31. The van der Waals surface area contributed by atoms with Crippen LogP contribution in [0.1, 0.15) is 24.8 Å². The number of nitrogens with zero attached hydrogens (tertiary/aromatic N) is 1. The van der Waals surface area contributed by atoms with Gasteiger partial charge in [-0.2, -0.15) is 0 Å². The van der Waals surface area contributed by atoms with Gasteiger partial charge in [-0.1, -0.05) is 23.7 Å². The van der Waals surface area contributed by atoms with Crippen LogP contribution in [0, 0.1) is 0 Å². The van der Waals surface area contributed by atoms with Crippen molar-refractivity contribution < 1.29 is 4.79 Å². The summed E-state index contributed by atoms with van der Waals surface area (Å²) in [5, 5.41) is 6.96. The van der Waals surface area contributed by atoms with E-state index in [0.29, 0.717) is 13.0 Å². The van der Waals surface area contributed by atoms with Crippen LogP contribution in [0.25, 0.3) is 0 Å². The van der Waals surface area contributed by atoms with Crippen molar-refractivity contribution in [2.75, 3.05) is 29.9 Å². The van der Waals surface area contributed by atoms with Gasteiger partial charge in [0.15, 0.2) is 0 Å². The maximum atomic E-state index is 12.0. The highest BCUT2D eigenvalue weighted by Gasteiger charge is 2.12. The second-order valence-electron chi connectivity index (χ2n) is 6.34. The maximum Gasteiger partial charge on any atom is 0.225 e. The van der Waals surface area contributed by atoms with Crippen LogP contribution in [0.2, 0.25) is 5.02 Å². The molecule has 25 heavy (non-hydrogen) atoms. The van der Waals surface area contributed by atoms with Gasteiger partial charge in [0.05, 0.1) is 0 Å². The molecule has 1 heterocycles. The quantitative estimate of drug-likeness (QED) is 0.734. The van der Waals surface area contributed by atoms with Gasteiger partial charge in [-0.3, -0.25) is 4.79 Å². The number of amides is 1. The van der Waals surface area contributed by atoms with Gasteiger partial charge in [0, 0.05) is 49.0 Å². The molecule has 5 heteroatoms. The lowest BCUT2D eigenvalue weighted by Crippen LogP contribution is -2.21. The molecule has 0 saturated carbocycles. The standard InChI is InChI=1S/C20H24ClN3O/c21-17-5-3-16(4-6-17)15-22-12-11-20(25)23-18-7-9-19(10-8-18)24-13-1-2-14-24/h3-10,22H,1-2,11-15H2,(H,23,25). The fourth-order valence-electron chi connectivity index (χ4n) is 2.99. The second-order valence-corrected chi connectivity index (χ2v) is 6.78. The third-order valence-electron chi connectivity index (χ3n) is 4.39. The van der Waals surface area contributed by atoms with Crippen LogP contribution in [0.5, 0.6) is 0 Å². The molecular formula is C20H24ClN3O. The van der Waals surface area contributed by atoms with Gasteiger partial charge in [0.2, 0.25) is 5.91 Å². The van der Waals surface area contributed by atoms with E-state index >= 15 is 0 Å². The van der Waals surface area contributed by atoms with E-state index in [-0.39, 0.29) is 5.91 Å². The Morgan fingerprint density at radius 3 is 2.36 bits per heavy atom. The second kappa shape index (κ2) is 8.88. The largest absolute Gasteiger partial charge is 0.372 e. The number of hydrogen-bond donors (Lipinski definition) is 2. The zero-order valence-electron chi connectivity index (χ0n) is 14.3. The van der Waals surface area contributed by atoms with E-state index in [9.17, 15) is 4.79 Å². The van der Waals surface area contributed by atoms with Crippen LogP contribution >= 0.6 is 11.6 Å². The van der Waals surface area contributed by atoms with Gasteiger partial charge in [-0.05, 0) is 54.8 Å². The molecule has 1 amide bonds. The molecule has 0 aromatic heterocycles.